The van der Waals surface area contributed by atoms with E-state index < -0.39 is 0 Å². The Morgan fingerprint density at radius 3 is 2.41 bits per heavy atom. The average Bonchev–Trinajstić information content (AvgIpc) is 3.03. The van der Waals surface area contributed by atoms with E-state index >= 15 is 0 Å². The molecule has 0 fully saturated rings. The molecule has 0 bridgehead atoms. The van der Waals surface area contributed by atoms with Crippen LogP contribution in [0.25, 0.3) is 5.69 Å². The third kappa shape index (κ3) is 4.76. The minimum Gasteiger partial charge on any atom is -0.375 e. The van der Waals surface area contributed by atoms with E-state index in [0.717, 1.165) is 30.0 Å². The maximum Gasteiger partial charge on any atom is 0.251 e. The van der Waals surface area contributed by atoms with Crippen molar-refractivity contribution in [2.24, 2.45) is 0 Å². The second-order valence-corrected chi connectivity index (χ2v) is 6.75. The van der Waals surface area contributed by atoms with E-state index in [1.165, 1.54) is 5.69 Å². The molecule has 1 amide bonds. The van der Waals surface area contributed by atoms with E-state index in [2.05, 4.69) is 34.5 Å². The van der Waals surface area contributed by atoms with Crippen LogP contribution in [-0.4, -0.2) is 35.8 Å². The summed E-state index contributed by atoms with van der Waals surface area (Å²) in [6.07, 6.45) is 0.890. The molecule has 1 N–H and O–H groups in total. The SMILES string of the molecule is Cc1cc(C)n(-c2ccc(C(=O)NCCCN(C)c3ccccc3)cc2)n1. The summed E-state index contributed by atoms with van der Waals surface area (Å²) >= 11 is 0. The first kappa shape index (κ1) is 18.7. The Morgan fingerprint density at radius 2 is 1.78 bits per heavy atom. The Kier molecular flexibility index (Phi) is 5.91. The lowest BCUT2D eigenvalue weighted by Gasteiger charge is -2.19. The van der Waals surface area contributed by atoms with Crippen LogP contribution in [-0.2, 0) is 0 Å². The summed E-state index contributed by atoms with van der Waals surface area (Å²) in [5, 5.41) is 7.46. The quantitative estimate of drug-likeness (QED) is 0.651. The van der Waals surface area contributed by atoms with Gasteiger partial charge in [0.15, 0.2) is 0 Å². The van der Waals surface area contributed by atoms with Crippen molar-refractivity contribution in [3.05, 3.63) is 77.6 Å². The number of hydrogen-bond acceptors (Lipinski definition) is 3. The van der Waals surface area contributed by atoms with Gasteiger partial charge in [0, 0.05) is 37.1 Å². The number of carbonyl (C=O) groups is 1. The van der Waals surface area contributed by atoms with E-state index in [1.54, 1.807) is 0 Å². The van der Waals surface area contributed by atoms with E-state index in [1.807, 2.05) is 67.1 Å². The summed E-state index contributed by atoms with van der Waals surface area (Å²) in [4.78, 5) is 14.5. The number of aromatic nitrogens is 2. The number of hydrogen-bond donors (Lipinski definition) is 1. The first-order valence-corrected chi connectivity index (χ1v) is 9.22. The zero-order chi connectivity index (χ0) is 19.2. The molecule has 5 heteroatoms. The number of amides is 1. The van der Waals surface area contributed by atoms with Gasteiger partial charge in [-0.05, 0) is 62.7 Å². The van der Waals surface area contributed by atoms with Gasteiger partial charge in [0.2, 0.25) is 0 Å². The predicted octanol–water partition coefficient (Wildman–Crippen LogP) is 3.75. The standard InChI is InChI=1S/C22H26N4O/c1-17-16-18(2)26(24-17)21-12-10-19(11-13-21)22(27)23-14-7-15-25(3)20-8-5-4-6-9-20/h4-6,8-13,16H,7,14-15H2,1-3H3,(H,23,27). The topological polar surface area (TPSA) is 50.2 Å². The number of carbonyl (C=O) groups excluding carboxylic acids is 1. The largest absolute Gasteiger partial charge is 0.375 e. The van der Waals surface area contributed by atoms with Gasteiger partial charge in [-0.3, -0.25) is 4.79 Å². The highest BCUT2D eigenvalue weighted by molar-refractivity contribution is 5.94. The highest BCUT2D eigenvalue weighted by atomic mass is 16.1. The van der Waals surface area contributed by atoms with Gasteiger partial charge in [0.1, 0.15) is 0 Å². The molecule has 2 aromatic carbocycles. The molecule has 5 nitrogen and oxygen atoms in total. The lowest BCUT2D eigenvalue weighted by molar-refractivity contribution is 0.0953. The minimum absolute atomic E-state index is 0.0442. The monoisotopic (exact) mass is 362 g/mol. The highest BCUT2D eigenvalue weighted by Crippen LogP contribution is 2.13. The maximum absolute atomic E-state index is 12.3. The first-order valence-electron chi connectivity index (χ1n) is 9.22. The van der Waals surface area contributed by atoms with Gasteiger partial charge in [-0.25, -0.2) is 4.68 Å². The van der Waals surface area contributed by atoms with Gasteiger partial charge in [0.25, 0.3) is 5.91 Å². The zero-order valence-electron chi connectivity index (χ0n) is 16.1. The van der Waals surface area contributed by atoms with Gasteiger partial charge >= 0.3 is 0 Å². The molecule has 140 valence electrons. The summed E-state index contributed by atoms with van der Waals surface area (Å²) in [6, 6.07) is 19.8. The Hall–Kier alpha value is -3.08. The van der Waals surface area contributed by atoms with Crippen molar-refractivity contribution >= 4 is 11.6 Å². The van der Waals surface area contributed by atoms with E-state index in [0.29, 0.717) is 12.1 Å². The van der Waals surface area contributed by atoms with Crippen molar-refractivity contribution in [1.29, 1.82) is 0 Å². The number of rotatable bonds is 7. The summed E-state index contributed by atoms with van der Waals surface area (Å²) in [7, 11) is 2.06. The molecule has 0 aliphatic carbocycles. The molecule has 0 aliphatic heterocycles. The second kappa shape index (κ2) is 8.54. The van der Waals surface area contributed by atoms with Crippen LogP contribution in [0.3, 0.4) is 0 Å². The van der Waals surface area contributed by atoms with Crippen molar-refractivity contribution < 1.29 is 4.79 Å². The van der Waals surface area contributed by atoms with Crippen LogP contribution in [0.1, 0.15) is 28.2 Å². The van der Waals surface area contributed by atoms with E-state index in [4.69, 9.17) is 0 Å². The molecule has 0 aliphatic rings. The van der Waals surface area contributed by atoms with Crippen molar-refractivity contribution in [1.82, 2.24) is 15.1 Å². The smallest absolute Gasteiger partial charge is 0.251 e. The third-order valence-corrected chi connectivity index (χ3v) is 4.54. The molecular weight excluding hydrogens is 336 g/mol. The van der Waals surface area contributed by atoms with Crippen LogP contribution in [0, 0.1) is 13.8 Å². The highest BCUT2D eigenvalue weighted by Gasteiger charge is 2.08. The van der Waals surface area contributed by atoms with Crippen LogP contribution in [0.2, 0.25) is 0 Å². The molecule has 27 heavy (non-hydrogen) atoms. The summed E-state index contributed by atoms with van der Waals surface area (Å²) in [6.45, 7) is 5.53. The normalized spacial score (nSPS) is 10.6. The maximum atomic E-state index is 12.3. The van der Waals surface area contributed by atoms with Gasteiger partial charge in [-0.1, -0.05) is 18.2 Å². The Balaban J connectivity index is 1.49. The first-order chi connectivity index (χ1) is 13.0. The van der Waals surface area contributed by atoms with Crippen LogP contribution >= 0.6 is 0 Å². The summed E-state index contributed by atoms with van der Waals surface area (Å²) in [5.74, 6) is -0.0442. The number of nitrogens with zero attached hydrogens (tertiary/aromatic N) is 3. The van der Waals surface area contributed by atoms with E-state index in [-0.39, 0.29) is 5.91 Å². The van der Waals surface area contributed by atoms with E-state index in [9.17, 15) is 4.79 Å². The molecular formula is C22H26N4O. The fraction of sp³-hybridized carbons (Fsp3) is 0.273. The fourth-order valence-electron chi connectivity index (χ4n) is 3.08. The van der Waals surface area contributed by atoms with Gasteiger partial charge in [-0.15, -0.1) is 0 Å². The lowest BCUT2D eigenvalue weighted by Crippen LogP contribution is -2.28. The summed E-state index contributed by atoms with van der Waals surface area (Å²) < 4.78 is 1.89. The lowest BCUT2D eigenvalue weighted by atomic mass is 10.2. The Morgan fingerprint density at radius 1 is 1.07 bits per heavy atom. The molecule has 0 unspecified atom stereocenters. The van der Waals surface area contributed by atoms with Crippen molar-refractivity contribution in [2.45, 2.75) is 20.3 Å². The molecule has 1 heterocycles. The van der Waals surface area contributed by atoms with Gasteiger partial charge < -0.3 is 10.2 Å². The molecule has 0 spiro atoms. The molecule has 0 saturated heterocycles. The molecule has 0 radical (unpaired) electrons. The van der Waals surface area contributed by atoms with Crippen LogP contribution in [0.15, 0.2) is 60.7 Å². The Bertz CT molecular complexity index is 884. The van der Waals surface area contributed by atoms with Crippen LogP contribution in [0.5, 0.6) is 0 Å². The number of aryl methyl sites for hydroxylation is 2. The van der Waals surface area contributed by atoms with Crippen molar-refractivity contribution in [2.75, 3.05) is 25.0 Å². The number of nitrogens with one attached hydrogen (secondary N) is 1. The number of para-hydroxylation sites is 1. The van der Waals surface area contributed by atoms with Crippen LogP contribution in [0.4, 0.5) is 5.69 Å². The second-order valence-electron chi connectivity index (χ2n) is 6.75. The third-order valence-electron chi connectivity index (χ3n) is 4.54. The van der Waals surface area contributed by atoms with Gasteiger partial charge in [-0.2, -0.15) is 5.10 Å². The number of anilines is 1. The summed E-state index contributed by atoms with van der Waals surface area (Å²) in [5.41, 5.74) is 4.86. The average molecular weight is 362 g/mol. The molecule has 3 aromatic rings. The fourth-order valence-corrected chi connectivity index (χ4v) is 3.08. The Labute approximate surface area is 160 Å². The minimum atomic E-state index is -0.0442. The molecule has 1 aromatic heterocycles. The van der Waals surface area contributed by atoms with Gasteiger partial charge in [0.05, 0.1) is 11.4 Å². The zero-order valence-corrected chi connectivity index (χ0v) is 16.1. The van der Waals surface area contributed by atoms with Crippen LogP contribution < -0.4 is 10.2 Å². The predicted molar refractivity (Wildman–Crippen MR) is 110 cm³/mol. The van der Waals surface area contributed by atoms with Crippen molar-refractivity contribution in [3.63, 3.8) is 0 Å². The molecule has 0 atom stereocenters. The van der Waals surface area contributed by atoms with Crippen molar-refractivity contribution in [3.8, 4) is 5.69 Å². The number of benzene rings is 2. The molecule has 0 saturated carbocycles. The molecule has 3 rings (SSSR count).